The molecule has 42 valence electrons. The van der Waals surface area contributed by atoms with Gasteiger partial charge in [-0.2, -0.15) is 0 Å². The van der Waals surface area contributed by atoms with Crippen LogP contribution in [0.15, 0.2) is 0 Å². The Balaban J connectivity index is 3.13. The Morgan fingerprint density at radius 2 is 2.29 bits per heavy atom. The van der Waals surface area contributed by atoms with E-state index in [1.165, 1.54) is 0 Å². The van der Waals surface area contributed by atoms with Crippen molar-refractivity contribution >= 4 is 6.09 Å². The third-order valence-electron chi connectivity index (χ3n) is 0.237. The average molecular weight is 106 g/mol. The lowest BCUT2D eigenvalue weighted by molar-refractivity contribution is -0.0427. The van der Waals surface area contributed by atoms with Gasteiger partial charge in [0.2, 0.25) is 0 Å². The zero-order chi connectivity index (χ0) is 5.86. The van der Waals surface area contributed by atoms with E-state index in [2.05, 4.69) is 16.2 Å². The highest BCUT2D eigenvalue weighted by Crippen LogP contribution is 1.71. The average Bonchev–Trinajstić information content (AvgIpc) is 1.27. The normalized spacial score (nSPS) is 12.9. The third kappa shape index (κ3) is 5.19. The molecule has 0 aliphatic rings. The minimum Gasteiger partial charge on any atom is -0.406 e. The van der Waals surface area contributed by atoms with Gasteiger partial charge in [-0.3, -0.25) is 5.73 Å². The standard InChI is InChI=1S/C2H6N2O3/c3-1(5)7-2(4)6/h1,5H,3H2,(H2,4,6)/t1-/m0/s1. The first-order valence-corrected chi connectivity index (χ1v) is 1.52. The molecule has 0 fully saturated rings. The summed E-state index contributed by atoms with van der Waals surface area (Å²) in [5, 5.41) is 7.98. The number of hydrogen-bond acceptors (Lipinski definition) is 4. The Bertz CT molecular complexity index is 71.3. The molecule has 1 atom stereocenters. The molecule has 5 nitrogen and oxygen atoms in total. The van der Waals surface area contributed by atoms with Gasteiger partial charge in [0.1, 0.15) is 0 Å². The Morgan fingerprint density at radius 3 is 2.29 bits per heavy atom. The second kappa shape index (κ2) is 2.38. The molecule has 0 aliphatic heterocycles. The number of carbonyl (C=O) groups is 1. The monoisotopic (exact) mass is 106 g/mol. The van der Waals surface area contributed by atoms with Crippen LogP contribution in [0.5, 0.6) is 0 Å². The molecular formula is C2H6N2O3. The van der Waals surface area contributed by atoms with E-state index in [0.29, 0.717) is 0 Å². The van der Waals surface area contributed by atoms with Gasteiger partial charge in [0, 0.05) is 0 Å². The van der Waals surface area contributed by atoms with Gasteiger partial charge in [0.25, 0.3) is 6.41 Å². The Labute approximate surface area is 39.9 Å². The van der Waals surface area contributed by atoms with Crippen LogP contribution in [0.3, 0.4) is 0 Å². The molecule has 0 radical (unpaired) electrons. The Kier molecular flexibility index (Phi) is 2.10. The molecule has 0 aromatic rings. The number of rotatable bonds is 1. The number of aliphatic hydroxyl groups excluding tert-OH is 1. The number of nitrogens with two attached hydrogens (primary N) is 2. The van der Waals surface area contributed by atoms with Crippen molar-refractivity contribution in [2.45, 2.75) is 6.41 Å². The first kappa shape index (κ1) is 6.19. The number of hydrogen-bond donors (Lipinski definition) is 3. The fourth-order valence-electron chi connectivity index (χ4n) is 0.119. The lowest BCUT2D eigenvalue weighted by Gasteiger charge is -2.00. The lowest BCUT2D eigenvalue weighted by Crippen LogP contribution is -2.29. The molecule has 0 spiro atoms. The van der Waals surface area contributed by atoms with Crippen molar-refractivity contribution in [1.29, 1.82) is 0 Å². The van der Waals surface area contributed by atoms with Gasteiger partial charge in [0.15, 0.2) is 0 Å². The highest BCUT2D eigenvalue weighted by molar-refractivity contribution is 5.64. The predicted molar refractivity (Wildman–Crippen MR) is 20.9 cm³/mol. The van der Waals surface area contributed by atoms with Crippen LogP contribution >= 0.6 is 0 Å². The molecule has 0 rings (SSSR count). The molecule has 0 bridgehead atoms. The summed E-state index contributed by atoms with van der Waals surface area (Å²) in [4.78, 5) is 9.57. The minimum absolute atomic E-state index is 1.09. The molecule has 0 aliphatic carbocycles. The summed E-state index contributed by atoms with van der Waals surface area (Å²) in [5.74, 6) is 0. The highest BCUT2D eigenvalue weighted by atomic mass is 16.7. The molecule has 0 aromatic heterocycles. The van der Waals surface area contributed by atoms with Crippen LogP contribution in [-0.4, -0.2) is 17.6 Å². The Morgan fingerprint density at radius 1 is 1.86 bits per heavy atom. The second-order valence-corrected chi connectivity index (χ2v) is 0.827. The van der Waals surface area contributed by atoms with Crippen molar-refractivity contribution in [3.8, 4) is 0 Å². The zero-order valence-corrected chi connectivity index (χ0v) is 3.50. The Hall–Kier alpha value is -0.810. The first-order valence-electron chi connectivity index (χ1n) is 1.52. The van der Waals surface area contributed by atoms with E-state index in [1.54, 1.807) is 0 Å². The van der Waals surface area contributed by atoms with Crippen molar-refractivity contribution in [3.63, 3.8) is 0 Å². The highest BCUT2D eigenvalue weighted by Gasteiger charge is 1.96. The molecular weight excluding hydrogens is 100 g/mol. The molecule has 7 heavy (non-hydrogen) atoms. The van der Waals surface area contributed by atoms with E-state index in [0.717, 1.165) is 0 Å². The minimum atomic E-state index is -1.60. The topological polar surface area (TPSA) is 98.6 Å². The summed E-state index contributed by atoms with van der Waals surface area (Å²) >= 11 is 0. The fourth-order valence-corrected chi connectivity index (χ4v) is 0.119. The van der Waals surface area contributed by atoms with E-state index in [9.17, 15) is 4.79 Å². The van der Waals surface area contributed by atoms with Crippen molar-refractivity contribution < 1.29 is 14.6 Å². The molecule has 0 aromatic carbocycles. The molecule has 0 heterocycles. The van der Waals surface area contributed by atoms with Crippen LogP contribution < -0.4 is 11.5 Å². The smallest absolute Gasteiger partial charge is 0.406 e. The van der Waals surface area contributed by atoms with Gasteiger partial charge in [-0.25, -0.2) is 4.79 Å². The maximum Gasteiger partial charge on any atom is 0.407 e. The number of carbonyl (C=O) groups excluding carboxylic acids is 1. The third-order valence-corrected chi connectivity index (χ3v) is 0.237. The van der Waals surface area contributed by atoms with Crippen molar-refractivity contribution in [2.75, 3.05) is 0 Å². The van der Waals surface area contributed by atoms with Gasteiger partial charge >= 0.3 is 6.09 Å². The zero-order valence-electron chi connectivity index (χ0n) is 3.50. The van der Waals surface area contributed by atoms with Gasteiger partial charge < -0.3 is 15.6 Å². The van der Waals surface area contributed by atoms with Gasteiger partial charge in [-0.15, -0.1) is 0 Å². The summed E-state index contributed by atoms with van der Waals surface area (Å²) in [6.45, 7) is 0. The van der Waals surface area contributed by atoms with Gasteiger partial charge in [-0.05, 0) is 0 Å². The van der Waals surface area contributed by atoms with Crippen LogP contribution in [0.1, 0.15) is 0 Å². The number of amides is 1. The van der Waals surface area contributed by atoms with Crippen LogP contribution in [0.25, 0.3) is 0 Å². The van der Waals surface area contributed by atoms with Crippen LogP contribution in [0, 0.1) is 0 Å². The summed E-state index contributed by atoms with van der Waals surface area (Å²) in [7, 11) is 0. The molecule has 5 heteroatoms. The number of aliphatic hydroxyl groups is 1. The van der Waals surface area contributed by atoms with E-state index in [4.69, 9.17) is 5.11 Å². The molecule has 0 saturated heterocycles. The fraction of sp³-hybridized carbons (Fsp3) is 0.500. The summed E-state index contributed by atoms with van der Waals surface area (Å²) in [6.07, 6.45) is -2.69. The maximum atomic E-state index is 9.57. The molecule has 0 saturated carbocycles. The molecule has 5 N–H and O–H groups in total. The number of ether oxygens (including phenoxy) is 1. The van der Waals surface area contributed by atoms with Crippen molar-refractivity contribution in [3.05, 3.63) is 0 Å². The molecule has 0 unspecified atom stereocenters. The number of primary amides is 1. The first-order chi connectivity index (χ1) is 3.13. The van der Waals surface area contributed by atoms with E-state index < -0.39 is 12.5 Å². The predicted octanol–water partition coefficient (Wildman–Crippen LogP) is -1.68. The molecule has 1 amide bonds. The van der Waals surface area contributed by atoms with Crippen LogP contribution in [-0.2, 0) is 4.74 Å². The summed E-state index contributed by atoms with van der Waals surface area (Å²) in [5.41, 5.74) is 8.92. The lowest BCUT2D eigenvalue weighted by atomic mass is 11.1. The second-order valence-electron chi connectivity index (χ2n) is 0.827. The van der Waals surface area contributed by atoms with Gasteiger partial charge in [-0.1, -0.05) is 0 Å². The largest absolute Gasteiger partial charge is 0.407 e. The van der Waals surface area contributed by atoms with E-state index in [-0.39, 0.29) is 0 Å². The van der Waals surface area contributed by atoms with Crippen molar-refractivity contribution in [2.24, 2.45) is 11.5 Å². The van der Waals surface area contributed by atoms with Crippen LogP contribution in [0.4, 0.5) is 4.79 Å². The maximum absolute atomic E-state index is 9.57. The van der Waals surface area contributed by atoms with E-state index >= 15 is 0 Å². The summed E-state index contributed by atoms with van der Waals surface area (Å²) < 4.78 is 3.72. The van der Waals surface area contributed by atoms with Crippen LogP contribution in [0.2, 0.25) is 0 Å². The quantitative estimate of drug-likeness (QED) is 0.347. The summed E-state index contributed by atoms with van der Waals surface area (Å²) in [6, 6.07) is 0. The van der Waals surface area contributed by atoms with Crippen molar-refractivity contribution in [1.82, 2.24) is 0 Å². The van der Waals surface area contributed by atoms with Gasteiger partial charge in [0.05, 0.1) is 0 Å². The van der Waals surface area contributed by atoms with E-state index in [1.807, 2.05) is 0 Å². The SMILES string of the molecule is NC(=O)O[C@@H](N)O.